The van der Waals surface area contributed by atoms with Gasteiger partial charge >= 0.3 is 12.1 Å². The van der Waals surface area contributed by atoms with Crippen molar-refractivity contribution < 1.29 is 28.2 Å². The van der Waals surface area contributed by atoms with Gasteiger partial charge in [0.25, 0.3) is 0 Å². The Morgan fingerprint density at radius 1 is 1.27 bits per heavy atom. The van der Waals surface area contributed by atoms with E-state index in [1.165, 1.54) is 0 Å². The lowest BCUT2D eigenvalue weighted by atomic mass is 10.1. The Balaban J connectivity index is 3.30. The van der Waals surface area contributed by atoms with Crippen LogP contribution in [0, 0.1) is 0 Å². The van der Waals surface area contributed by atoms with E-state index in [-0.39, 0.29) is 5.56 Å². The summed E-state index contributed by atoms with van der Waals surface area (Å²) in [4.78, 5) is 10.5. The van der Waals surface area contributed by atoms with Crippen molar-refractivity contribution in [2.75, 3.05) is 0 Å². The molecule has 2 N–H and O–H groups in total. The SMILES string of the molecule is O=C(O)c1cc(CO)cc(C(F)(F)F)c1. The van der Waals surface area contributed by atoms with E-state index in [0.717, 1.165) is 6.07 Å². The highest BCUT2D eigenvalue weighted by Gasteiger charge is 2.31. The fourth-order valence-electron chi connectivity index (χ4n) is 1.07. The minimum absolute atomic E-state index is 0.0813. The Morgan fingerprint density at radius 3 is 2.27 bits per heavy atom. The molecule has 0 fully saturated rings. The highest BCUT2D eigenvalue weighted by molar-refractivity contribution is 5.88. The average molecular weight is 220 g/mol. The summed E-state index contributed by atoms with van der Waals surface area (Å²) >= 11 is 0. The van der Waals surface area contributed by atoms with Crippen molar-refractivity contribution in [1.82, 2.24) is 0 Å². The largest absolute Gasteiger partial charge is 0.478 e. The molecule has 0 radical (unpaired) electrons. The summed E-state index contributed by atoms with van der Waals surface area (Å²) in [6.45, 7) is -0.635. The van der Waals surface area contributed by atoms with Gasteiger partial charge < -0.3 is 10.2 Å². The maximum Gasteiger partial charge on any atom is 0.416 e. The average Bonchev–Trinajstić information content (AvgIpc) is 2.15. The van der Waals surface area contributed by atoms with Crippen molar-refractivity contribution in [3.8, 4) is 0 Å². The topological polar surface area (TPSA) is 57.5 Å². The van der Waals surface area contributed by atoms with Crippen molar-refractivity contribution in [3.05, 3.63) is 34.9 Å². The van der Waals surface area contributed by atoms with E-state index in [0.29, 0.717) is 12.1 Å². The zero-order valence-electron chi connectivity index (χ0n) is 7.38. The van der Waals surface area contributed by atoms with Crippen molar-refractivity contribution >= 4 is 5.97 Å². The van der Waals surface area contributed by atoms with E-state index in [1.54, 1.807) is 0 Å². The molecule has 0 aliphatic carbocycles. The fraction of sp³-hybridized carbons (Fsp3) is 0.222. The molecule has 0 unspecified atom stereocenters. The van der Waals surface area contributed by atoms with E-state index in [2.05, 4.69) is 0 Å². The molecule has 0 saturated carbocycles. The number of hydrogen-bond acceptors (Lipinski definition) is 2. The zero-order valence-corrected chi connectivity index (χ0v) is 7.38. The van der Waals surface area contributed by atoms with Gasteiger partial charge in [0.15, 0.2) is 0 Å². The van der Waals surface area contributed by atoms with Gasteiger partial charge in [-0.3, -0.25) is 0 Å². The minimum atomic E-state index is -4.62. The first-order chi connectivity index (χ1) is 6.84. The number of carboxylic acids is 1. The number of aliphatic hydroxyl groups is 1. The van der Waals surface area contributed by atoms with E-state index in [1.807, 2.05) is 0 Å². The third-order valence-electron chi connectivity index (χ3n) is 1.75. The van der Waals surface area contributed by atoms with Crippen LogP contribution >= 0.6 is 0 Å². The van der Waals surface area contributed by atoms with Crippen molar-refractivity contribution in [2.45, 2.75) is 12.8 Å². The molecule has 0 aliphatic rings. The van der Waals surface area contributed by atoms with E-state index in [9.17, 15) is 18.0 Å². The third kappa shape index (κ3) is 2.69. The van der Waals surface area contributed by atoms with Crippen LogP contribution in [-0.2, 0) is 12.8 Å². The van der Waals surface area contributed by atoms with Gasteiger partial charge in [0.1, 0.15) is 0 Å². The second-order valence-corrected chi connectivity index (χ2v) is 2.88. The number of carboxylic acid groups (broad SMARTS) is 1. The van der Waals surface area contributed by atoms with Crippen molar-refractivity contribution in [2.24, 2.45) is 0 Å². The van der Waals surface area contributed by atoms with Gasteiger partial charge in [-0.25, -0.2) is 4.79 Å². The minimum Gasteiger partial charge on any atom is -0.478 e. The van der Waals surface area contributed by atoms with Crippen LogP contribution in [0.3, 0.4) is 0 Å². The van der Waals surface area contributed by atoms with Crippen LogP contribution in [0.5, 0.6) is 0 Å². The van der Waals surface area contributed by atoms with Gasteiger partial charge in [-0.1, -0.05) is 0 Å². The Hall–Kier alpha value is -1.56. The fourth-order valence-corrected chi connectivity index (χ4v) is 1.07. The molecule has 15 heavy (non-hydrogen) atoms. The van der Waals surface area contributed by atoms with Gasteiger partial charge in [0, 0.05) is 0 Å². The Bertz CT molecular complexity index is 385. The van der Waals surface area contributed by atoms with Crippen LogP contribution in [-0.4, -0.2) is 16.2 Å². The highest BCUT2D eigenvalue weighted by Crippen LogP contribution is 2.30. The summed E-state index contributed by atoms with van der Waals surface area (Å²) in [5.74, 6) is -1.46. The standard InChI is InChI=1S/C9H7F3O3/c10-9(11,12)7-2-5(4-13)1-6(3-7)8(14)15/h1-3,13H,4H2,(H,14,15). The van der Waals surface area contributed by atoms with Crippen LogP contribution in [0.4, 0.5) is 13.2 Å². The van der Waals surface area contributed by atoms with Gasteiger partial charge in [0.05, 0.1) is 17.7 Å². The molecule has 0 spiro atoms. The molecule has 1 aromatic carbocycles. The predicted octanol–water partition coefficient (Wildman–Crippen LogP) is 1.90. The van der Waals surface area contributed by atoms with Crippen LogP contribution < -0.4 is 0 Å². The summed E-state index contributed by atoms with van der Waals surface area (Å²) in [5, 5.41) is 17.2. The number of hydrogen-bond donors (Lipinski definition) is 2. The lowest BCUT2D eigenvalue weighted by Crippen LogP contribution is -2.08. The Labute approximate surface area is 82.8 Å². The molecule has 0 aliphatic heterocycles. The van der Waals surface area contributed by atoms with Gasteiger partial charge in [-0.05, 0) is 23.8 Å². The molecule has 1 rings (SSSR count). The number of carbonyl (C=O) groups is 1. The summed E-state index contributed by atoms with van der Waals surface area (Å²) < 4.78 is 36.8. The molecule has 0 atom stereocenters. The normalized spacial score (nSPS) is 11.5. The van der Waals surface area contributed by atoms with E-state index in [4.69, 9.17) is 10.2 Å². The monoisotopic (exact) mass is 220 g/mol. The summed E-state index contributed by atoms with van der Waals surface area (Å²) in [6.07, 6.45) is -4.62. The van der Waals surface area contributed by atoms with Gasteiger partial charge in [-0.2, -0.15) is 13.2 Å². The van der Waals surface area contributed by atoms with Crippen LogP contribution in [0.2, 0.25) is 0 Å². The number of halogens is 3. The molecule has 0 bridgehead atoms. The Morgan fingerprint density at radius 2 is 1.87 bits per heavy atom. The van der Waals surface area contributed by atoms with Crippen molar-refractivity contribution in [1.29, 1.82) is 0 Å². The van der Waals surface area contributed by atoms with Crippen LogP contribution in [0.25, 0.3) is 0 Å². The quantitative estimate of drug-likeness (QED) is 0.800. The lowest BCUT2D eigenvalue weighted by molar-refractivity contribution is -0.137. The first-order valence-electron chi connectivity index (χ1n) is 3.90. The molecule has 3 nitrogen and oxygen atoms in total. The summed E-state index contributed by atoms with van der Waals surface area (Å²) in [6, 6.07) is 2.24. The van der Waals surface area contributed by atoms with E-state index < -0.39 is 29.9 Å². The molecule has 0 heterocycles. The highest BCUT2D eigenvalue weighted by atomic mass is 19.4. The number of alkyl halides is 3. The van der Waals surface area contributed by atoms with Gasteiger partial charge in [0.2, 0.25) is 0 Å². The smallest absolute Gasteiger partial charge is 0.416 e. The first-order valence-corrected chi connectivity index (χ1v) is 3.90. The molecule has 1 aromatic rings. The predicted molar refractivity (Wildman–Crippen MR) is 44.3 cm³/mol. The van der Waals surface area contributed by atoms with Crippen LogP contribution in [0.15, 0.2) is 18.2 Å². The molecule has 82 valence electrons. The lowest BCUT2D eigenvalue weighted by Gasteiger charge is -2.09. The van der Waals surface area contributed by atoms with Gasteiger partial charge in [-0.15, -0.1) is 0 Å². The Kier molecular flexibility index (Phi) is 2.99. The van der Waals surface area contributed by atoms with Crippen molar-refractivity contribution in [3.63, 3.8) is 0 Å². The summed E-state index contributed by atoms with van der Waals surface area (Å²) in [5.41, 5.74) is -1.65. The third-order valence-corrected chi connectivity index (χ3v) is 1.75. The number of benzene rings is 1. The van der Waals surface area contributed by atoms with Crippen LogP contribution in [0.1, 0.15) is 21.5 Å². The second kappa shape index (κ2) is 3.90. The number of rotatable bonds is 2. The first kappa shape index (κ1) is 11.5. The number of aliphatic hydroxyl groups excluding tert-OH is 1. The molecular formula is C9H7F3O3. The maximum absolute atomic E-state index is 12.3. The molecule has 0 saturated heterocycles. The molecule has 6 heteroatoms. The molecule has 0 aromatic heterocycles. The molecule has 0 amide bonds. The second-order valence-electron chi connectivity index (χ2n) is 2.88. The number of aromatic carboxylic acids is 1. The maximum atomic E-state index is 12.3. The summed E-state index contributed by atoms with van der Waals surface area (Å²) in [7, 11) is 0. The zero-order chi connectivity index (χ0) is 11.6. The molecular weight excluding hydrogens is 213 g/mol. The van der Waals surface area contributed by atoms with E-state index >= 15 is 0 Å².